The Balaban J connectivity index is 2.02. The molecule has 0 radical (unpaired) electrons. The van der Waals surface area contributed by atoms with Crippen molar-refractivity contribution in [3.8, 4) is 11.6 Å². The number of hydrogen-bond donors (Lipinski definition) is 1. The van der Waals surface area contributed by atoms with Gasteiger partial charge < -0.3 is 24.2 Å². The zero-order valence-corrected chi connectivity index (χ0v) is 20.2. The number of imidazole rings is 1. The largest absolute Gasteiger partial charge is 0.505 e. The molecule has 182 valence electrons. The number of ether oxygens (including phenoxy) is 3. The molecule has 1 N–H and O–H groups in total. The zero-order chi connectivity index (χ0) is 25.0. The molecule has 3 heterocycles. The maximum atomic E-state index is 13.4. The summed E-state index contributed by atoms with van der Waals surface area (Å²) in [7, 11) is 2.66. The lowest BCUT2D eigenvalue weighted by Crippen LogP contribution is -2.35. The first kappa shape index (κ1) is 24.9. The number of pyridine rings is 2. The molecule has 0 fully saturated rings. The lowest BCUT2D eigenvalue weighted by molar-refractivity contribution is 0.0853. The van der Waals surface area contributed by atoms with Crippen LogP contribution in [0, 0.1) is 13.8 Å². The molecule has 34 heavy (non-hydrogen) atoms. The fourth-order valence-electron chi connectivity index (χ4n) is 3.30. The fourth-order valence-corrected chi connectivity index (χ4v) is 4.54. The second-order valence-corrected chi connectivity index (χ2v) is 8.63. The van der Waals surface area contributed by atoms with E-state index in [1.807, 2.05) is 13.8 Å². The van der Waals surface area contributed by atoms with Gasteiger partial charge >= 0.3 is 12.2 Å². The molecule has 0 aromatic carbocycles. The van der Waals surface area contributed by atoms with Crippen LogP contribution in [0.4, 0.5) is 9.59 Å². The molecule has 13 heteroatoms. The molecule has 0 saturated carbocycles. The van der Waals surface area contributed by atoms with Gasteiger partial charge in [-0.15, -0.1) is 0 Å². The molecular weight excluding hydrogens is 466 g/mol. The van der Waals surface area contributed by atoms with Crippen LogP contribution in [-0.4, -0.2) is 80.3 Å². The summed E-state index contributed by atoms with van der Waals surface area (Å²) < 4.78 is 29.7. The molecule has 1 unspecified atom stereocenters. The molecular formula is C21H25N5O7S. The van der Waals surface area contributed by atoms with Gasteiger partial charge in [0.25, 0.3) is 0 Å². The summed E-state index contributed by atoms with van der Waals surface area (Å²) in [6.07, 6.45) is 0.188. The molecule has 0 aliphatic heterocycles. The van der Waals surface area contributed by atoms with Gasteiger partial charge in [-0.25, -0.2) is 19.1 Å². The zero-order valence-electron chi connectivity index (χ0n) is 19.4. The third kappa shape index (κ3) is 5.09. The number of likely N-dealkylation sites (N-methyl/N-ethyl adjacent to an activating group) is 1. The van der Waals surface area contributed by atoms with Gasteiger partial charge in [-0.2, -0.15) is 4.98 Å². The first-order valence-corrected chi connectivity index (χ1v) is 11.4. The molecule has 0 spiro atoms. The molecule has 3 aromatic heterocycles. The summed E-state index contributed by atoms with van der Waals surface area (Å²) in [6.45, 7) is 3.42. The number of aromatic nitrogens is 4. The van der Waals surface area contributed by atoms with E-state index in [4.69, 9.17) is 14.6 Å². The Labute approximate surface area is 197 Å². The summed E-state index contributed by atoms with van der Waals surface area (Å²) in [5, 5.41) is 8.64. The van der Waals surface area contributed by atoms with Gasteiger partial charge in [-0.05, 0) is 19.9 Å². The summed E-state index contributed by atoms with van der Waals surface area (Å²) in [6, 6.07) is 2.59. The van der Waals surface area contributed by atoms with Crippen LogP contribution < -0.4 is 9.47 Å². The number of hydrogen-bond acceptors (Lipinski definition) is 9. The molecule has 0 aliphatic carbocycles. The van der Waals surface area contributed by atoms with Gasteiger partial charge in [-0.3, -0.25) is 9.19 Å². The van der Waals surface area contributed by atoms with Crippen molar-refractivity contribution in [3.63, 3.8) is 0 Å². The van der Waals surface area contributed by atoms with Crippen molar-refractivity contribution in [2.75, 3.05) is 34.4 Å². The van der Waals surface area contributed by atoms with E-state index < -0.39 is 23.0 Å². The van der Waals surface area contributed by atoms with Crippen LogP contribution in [0.1, 0.15) is 16.8 Å². The monoisotopic (exact) mass is 491 g/mol. The maximum absolute atomic E-state index is 13.4. The van der Waals surface area contributed by atoms with E-state index in [0.717, 1.165) is 15.7 Å². The summed E-state index contributed by atoms with van der Waals surface area (Å²) in [5.74, 6) is 0.884. The first-order valence-electron chi connectivity index (χ1n) is 10.1. The smallest absolute Gasteiger partial charge is 0.496 e. The third-order valence-corrected chi connectivity index (χ3v) is 6.27. The number of amides is 1. The SMILES string of the molecule is COc1ccc2nc(S(=O)Cc3ncc(C)c(OC)c3C)n(C(=O)N(C)CCOC(=O)O)c2n1. The highest BCUT2D eigenvalue weighted by Crippen LogP contribution is 2.27. The summed E-state index contributed by atoms with van der Waals surface area (Å²) in [4.78, 5) is 38.2. The molecule has 1 amide bonds. The molecule has 3 aromatic rings. The number of carboxylic acid groups (broad SMARTS) is 1. The minimum absolute atomic E-state index is 0.0119. The molecule has 0 bridgehead atoms. The van der Waals surface area contributed by atoms with E-state index in [0.29, 0.717) is 17.0 Å². The maximum Gasteiger partial charge on any atom is 0.505 e. The van der Waals surface area contributed by atoms with Crippen LogP contribution in [0.2, 0.25) is 0 Å². The Kier molecular flexibility index (Phi) is 7.66. The van der Waals surface area contributed by atoms with E-state index in [2.05, 4.69) is 19.7 Å². The number of methoxy groups -OCH3 is 2. The van der Waals surface area contributed by atoms with Crippen molar-refractivity contribution >= 4 is 34.1 Å². The second-order valence-electron chi connectivity index (χ2n) is 7.28. The van der Waals surface area contributed by atoms with Crippen LogP contribution in [0.5, 0.6) is 11.6 Å². The van der Waals surface area contributed by atoms with Gasteiger partial charge in [0.1, 0.15) is 17.9 Å². The van der Waals surface area contributed by atoms with E-state index in [9.17, 15) is 13.8 Å². The Hall–Kier alpha value is -3.74. The van der Waals surface area contributed by atoms with E-state index in [-0.39, 0.29) is 35.6 Å². The highest BCUT2D eigenvalue weighted by Gasteiger charge is 2.26. The standard InChI is InChI=1S/C21H25N5O7S/c1-12-10-22-15(13(2)17(12)32-5)11-34(30)19-23-14-6-7-16(31-4)24-18(14)26(19)20(27)25(3)8-9-33-21(28)29/h6-7,10H,8-9,11H2,1-5H3,(H,28,29). The van der Waals surface area contributed by atoms with Gasteiger partial charge in [0.05, 0.1) is 43.0 Å². The minimum Gasteiger partial charge on any atom is -0.496 e. The van der Waals surface area contributed by atoms with E-state index >= 15 is 0 Å². The van der Waals surface area contributed by atoms with Crippen molar-refractivity contribution in [1.82, 2.24) is 24.4 Å². The lowest BCUT2D eigenvalue weighted by Gasteiger charge is -2.18. The topological polar surface area (TPSA) is 146 Å². The average molecular weight is 492 g/mol. The Morgan fingerprint density at radius 2 is 1.91 bits per heavy atom. The van der Waals surface area contributed by atoms with Crippen molar-refractivity contribution in [3.05, 3.63) is 35.2 Å². The van der Waals surface area contributed by atoms with Crippen LogP contribution in [-0.2, 0) is 21.3 Å². The summed E-state index contributed by atoms with van der Waals surface area (Å²) in [5.41, 5.74) is 2.63. The van der Waals surface area contributed by atoms with Crippen molar-refractivity contribution in [1.29, 1.82) is 0 Å². The molecule has 0 saturated heterocycles. The van der Waals surface area contributed by atoms with Crippen molar-refractivity contribution < 1.29 is 33.1 Å². The highest BCUT2D eigenvalue weighted by molar-refractivity contribution is 7.84. The van der Waals surface area contributed by atoms with Crippen molar-refractivity contribution in [2.24, 2.45) is 0 Å². The number of carbonyl (C=O) groups excluding carboxylic acids is 1. The van der Waals surface area contributed by atoms with Crippen LogP contribution in [0.15, 0.2) is 23.5 Å². The van der Waals surface area contributed by atoms with E-state index in [1.165, 1.54) is 19.1 Å². The van der Waals surface area contributed by atoms with Gasteiger partial charge in [0.2, 0.25) is 11.0 Å². The number of nitrogens with zero attached hydrogens (tertiary/aromatic N) is 5. The summed E-state index contributed by atoms with van der Waals surface area (Å²) >= 11 is 0. The number of fused-ring (bicyclic) bond motifs is 1. The number of carbonyl (C=O) groups is 2. The van der Waals surface area contributed by atoms with Crippen LogP contribution in [0.3, 0.4) is 0 Å². The fraction of sp³-hybridized carbons (Fsp3) is 0.381. The van der Waals surface area contributed by atoms with Crippen molar-refractivity contribution in [2.45, 2.75) is 24.8 Å². The number of aryl methyl sites for hydroxylation is 1. The highest BCUT2D eigenvalue weighted by atomic mass is 32.2. The molecule has 0 aliphatic rings. The van der Waals surface area contributed by atoms with Gasteiger partial charge in [0.15, 0.2) is 5.65 Å². The quantitative estimate of drug-likeness (QED) is 0.466. The van der Waals surface area contributed by atoms with Crippen LogP contribution in [0.25, 0.3) is 11.2 Å². The number of rotatable bonds is 8. The Bertz CT molecular complexity index is 1260. The lowest BCUT2D eigenvalue weighted by atomic mass is 10.1. The Morgan fingerprint density at radius 1 is 1.18 bits per heavy atom. The third-order valence-electron chi connectivity index (χ3n) is 5.05. The molecule has 1 atom stereocenters. The van der Waals surface area contributed by atoms with Gasteiger partial charge in [-0.1, -0.05) is 0 Å². The Morgan fingerprint density at radius 3 is 2.56 bits per heavy atom. The minimum atomic E-state index is -1.78. The van der Waals surface area contributed by atoms with Crippen LogP contribution >= 0.6 is 0 Å². The molecule has 3 rings (SSSR count). The molecule has 12 nitrogen and oxygen atoms in total. The van der Waals surface area contributed by atoms with E-state index in [1.54, 1.807) is 25.4 Å². The first-order chi connectivity index (χ1) is 16.2. The normalized spacial score (nSPS) is 11.8. The predicted octanol–water partition coefficient (Wildman–Crippen LogP) is 2.36. The predicted molar refractivity (Wildman–Crippen MR) is 122 cm³/mol. The second kappa shape index (κ2) is 10.5. The average Bonchev–Trinajstić information content (AvgIpc) is 3.19. The van der Waals surface area contributed by atoms with Gasteiger partial charge in [0, 0.05) is 30.4 Å².